The molecule has 1 N–H and O–H groups in total. The summed E-state index contributed by atoms with van der Waals surface area (Å²) in [6, 6.07) is 9.04. The molecule has 1 heterocycles. The van der Waals surface area contributed by atoms with Gasteiger partial charge in [-0.3, -0.25) is 9.59 Å². The van der Waals surface area contributed by atoms with Crippen molar-refractivity contribution in [1.29, 1.82) is 0 Å². The largest absolute Gasteiger partial charge is 0.480 e. The van der Waals surface area contributed by atoms with Gasteiger partial charge >= 0.3 is 5.97 Å². The lowest BCUT2D eigenvalue weighted by atomic mass is 10.1. The highest BCUT2D eigenvalue weighted by molar-refractivity contribution is 8.00. The molecule has 1 aliphatic heterocycles. The molecule has 102 valence electrons. The van der Waals surface area contributed by atoms with Crippen LogP contribution in [0, 0.1) is 0 Å². The van der Waals surface area contributed by atoms with E-state index >= 15 is 0 Å². The van der Waals surface area contributed by atoms with Crippen LogP contribution >= 0.6 is 11.8 Å². The van der Waals surface area contributed by atoms with Gasteiger partial charge < -0.3 is 10.0 Å². The van der Waals surface area contributed by atoms with E-state index in [0.717, 1.165) is 31.5 Å². The van der Waals surface area contributed by atoms with Crippen LogP contribution in [0.3, 0.4) is 0 Å². The molecule has 0 spiro atoms. The van der Waals surface area contributed by atoms with Gasteiger partial charge in [0.15, 0.2) is 0 Å². The first-order valence-corrected chi connectivity index (χ1v) is 7.40. The van der Waals surface area contributed by atoms with Crippen molar-refractivity contribution in [2.24, 2.45) is 0 Å². The topological polar surface area (TPSA) is 57.6 Å². The number of nitrogens with zero attached hydrogens (tertiary/aromatic N) is 1. The minimum absolute atomic E-state index is 0.0460. The molecule has 1 unspecified atom stereocenters. The van der Waals surface area contributed by atoms with E-state index in [1.54, 1.807) is 12.1 Å². The molecule has 1 fully saturated rings. The number of carboxylic acids is 1. The first-order valence-electron chi connectivity index (χ1n) is 6.35. The number of carboxylic acid groups (broad SMARTS) is 1. The summed E-state index contributed by atoms with van der Waals surface area (Å²) in [4.78, 5) is 25.0. The van der Waals surface area contributed by atoms with Crippen molar-refractivity contribution in [1.82, 2.24) is 4.90 Å². The lowest BCUT2D eigenvalue weighted by Crippen LogP contribution is -2.29. The average Bonchev–Trinajstić information content (AvgIpc) is 2.93. The molecule has 0 aromatic heterocycles. The van der Waals surface area contributed by atoms with Crippen LogP contribution in [0.5, 0.6) is 0 Å². The molecular weight excluding hydrogens is 262 g/mol. The monoisotopic (exact) mass is 279 g/mol. The number of hydrogen-bond donors (Lipinski definition) is 1. The van der Waals surface area contributed by atoms with Crippen molar-refractivity contribution < 1.29 is 14.7 Å². The summed E-state index contributed by atoms with van der Waals surface area (Å²) in [5.74, 6) is -0.624. The number of amides is 1. The number of likely N-dealkylation sites (tertiary alicyclic amines) is 1. The Bertz CT molecular complexity index is 443. The predicted molar refractivity (Wildman–Crippen MR) is 75.1 cm³/mol. The maximum absolute atomic E-state index is 11.9. The highest BCUT2D eigenvalue weighted by Crippen LogP contribution is 2.29. The molecule has 1 atom stereocenters. The maximum atomic E-state index is 11.9. The van der Waals surface area contributed by atoms with Gasteiger partial charge in [0.2, 0.25) is 5.91 Å². The van der Waals surface area contributed by atoms with Crippen LogP contribution in [0.4, 0.5) is 0 Å². The fourth-order valence-electron chi connectivity index (χ4n) is 2.15. The van der Waals surface area contributed by atoms with Crippen LogP contribution in [0.2, 0.25) is 0 Å². The second-order valence-electron chi connectivity index (χ2n) is 4.53. The predicted octanol–water partition coefficient (Wildman–Crippen LogP) is 2.17. The Balaban J connectivity index is 1.94. The minimum Gasteiger partial charge on any atom is -0.480 e. The van der Waals surface area contributed by atoms with E-state index in [1.165, 1.54) is 11.8 Å². The van der Waals surface area contributed by atoms with Crippen molar-refractivity contribution in [2.45, 2.75) is 18.1 Å². The van der Waals surface area contributed by atoms with Gasteiger partial charge in [0, 0.05) is 13.1 Å². The van der Waals surface area contributed by atoms with E-state index in [9.17, 15) is 14.7 Å². The zero-order chi connectivity index (χ0) is 13.7. The summed E-state index contributed by atoms with van der Waals surface area (Å²) >= 11 is 1.19. The molecule has 0 saturated carbocycles. The molecular formula is C14H17NO3S. The smallest absolute Gasteiger partial charge is 0.321 e. The standard InChI is InChI=1S/C14H17NO3S/c16-12(15-8-4-5-9-15)10-19-13(14(17)18)11-6-2-1-3-7-11/h1-3,6-7,13H,4-5,8-10H2,(H,17,18). The summed E-state index contributed by atoms with van der Waals surface area (Å²) in [6.45, 7) is 1.62. The Hall–Kier alpha value is -1.49. The quantitative estimate of drug-likeness (QED) is 0.897. The molecule has 4 nitrogen and oxygen atoms in total. The first-order chi connectivity index (χ1) is 9.18. The normalized spacial score (nSPS) is 16.3. The zero-order valence-corrected chi connectivity index (χ0v) is 11.4. The van der Waals surface area contributed by atoms with Crippen LogP contribution in [-0.2, 0) is 9.59 Å². The molecule has 1 amide bonds. The Morgan fingerprint density at radius 2 is 1.84 bits per heavy atom. The summed E-state index contributed by atoms with van der Waals surface area (Å²) in [5.41, 5.74) is 0.731. The molecule has 19 heavy (non-hydrogen) atoms. The Morgan fingerprint density at radius 3 is 2.42 bits per heavy atom. The molecule has 1 aromatic rings. The van der Waals surface area contributed by atoms with E-state index in [-0.39, 0.29) is 11.7 Å². The van der Waals surface area contributed by atoms with Crippen molar-refractivity contribution in [3.8, 4) is 0 Å². The molecule has 1 saturated heterocycles. The van der Waals surface area contributed by atoms with Crippen molar-refractivity contribution >= 4 is 23.6 Å². The second-order valence-corrected chi connectivity index (χ2v) is 5.62. The van der Waals surface area contributed by atoms with Gasteiger partial charge in [-0.2, -0.15) is 0 Å². The van der Waals surface area contributed by atoms with Gasteiger partial charge in [0.25, 0.3) is 0 Å². The summed E-state index contributed by atoms with van der Waals surface area (Å²) in [6.07, 6.45) is 2.11. The Morgan fingerprint density at radius 1 is 1.21 bits per heavy atom. The van der Waals surface area contributed by atoms with Gasteiger partial charge in [-0.15, -0.1) is 11.8 Å². The zero-order valence-electron chi connectivity index (χ0n) is 10.6. The first kappa shape index (κ1) is 13.9. The lowest BCUT2D eigenvalue weighted by Gasteiger charge is -2.17. The SMILES string of the molecule is O=C(O)C(SCC(=O)N1CCCC1)c1ccccc1. The van der Waals surface area contributed by atoms with Crippen LogP contribution in [-0.4, -0.2) is 40.7 Å². The lowest BCUT2D eigenvalue weighted by molar-refractivity contribution is -0.136. The third-order valence-corrected chi connectivity index (χ3v) is 4.38. The van der Waals surface area contributed by atoms with Gasteiger partial charge in [-0.05, 0) is 18.4 Å². The fraction of sp³-hybridized carbons (Fsp3) is 0.429. The number of benzene rings is 1. The number of hydrogen-bond acceptors (Lipinski definition) is 3. The van der Waals surface area contributed by atoms with Gasteiger partial charge in [-0.1, -0.05) is 30.3 Å². The van der Waals surface area contributed by atoms with Gasteiger partial charge in [0.1, 0.15) is 5.25 Å². The number of aliphatic carboxylic acids is 1. The van der Waals surface area contributed by atoms with E-state index in [0.29, 0.717) is 0 Å². The molecule has 2 rings (SSSR count). The maximum Gasteiger partial charge on any atom is 0.321 e. The summed E-state index contributed by atoms with van der Waals surface area (Å²) < 4.78 is 0. The molecule has 5 heteroatoms. The highest BCUT2D eigenvalue weighted by Gasteiger charge is 2.24. The van der Waals surface area contributed by atoms with Crippen LogP contribution in [0.1, 0.15) is 23.7 Å². The van der Waals surface area contributed by atoms with Crippen molar-refractivity contribution in [2.75, 3.05) is 18.8 Å². The highest BCUT2D eigenvalue weighted by atomic mass is 32.2. The minimum atomic E-state index is -0.898. The van der Waals surface area contributed by atoms with E-state index < -0.39 is 11.2 Å². The summed E-state index contributed by atoms with van der Waals surface area (Å²) in [7, 11) is 0. The molecule has 0 bridgehead atoms. The van der Waals surface area contributed by atoms with Crippen molar-refractivity contribution in [3.05, 3.63) is 35.9 Å². The third-order valence-electron chi connectivity index (χ3n) is 3.16. The van der Waals surface area contributed by atoms with Crippen molar-refractivity contribution in [3.63, 3.8) is 0 Å². The van der Waals surface area contributed by atoms with Gasteiger partial charge in [0.05, 0.1) is 5.75 Å². The van der Waals surface area contributed by atoms with E-state index in [4.69, 9.17) is 0 Å². The van der Waals surface area contributed by atoms with Crippen LogP contribution < -0.4 is 0 Å². The molecule has 0 aliphatic carbocycles. The van der Waals surface area contributed by atoms with E-state index in [1.807, 2.05) is 23.1 Å². The third kappa shape index (κ3) is 3.73. The van der Waals surface area contributed by atoms with Crippen LogP contribution in [0.25, 0.3) is 0 Å². The van der Waals surface area contributed by atoms with Gasteiger partial charge in [-0.25, -0.2) is 0 Å². The number of carbonyl (C=O) groups is 2. The number of rotatable bonds is 5. The van der Waals surface area contributed by atoms with E-state index in [2.05, 4.69) is 0 Å². The molecule has 0 radical (unpaired) electrons. The molecule has 1 aliphatic rings. The number of carbonyl (C=O) groups excluding carboxylic acids is 1. The fourth-order valence-corrected chi connectivity index (χ4v) is 3.13. The summed E-state index contributed by atoms with van der Waals surface area (Å²) in [5, 5.41) is 8.59. The average molecular weight is 279 g/mol. The van der Waals surface area contributed by atoms with Crippen LogP contribution in [0.15, 0.2) is 30.3 Å². The molecule has 1 aromatic carbocycles. The Kier molecular flexibility index (Phi) is 4.85. The second kappa shape index (κ2) is 6.61. The number of thioether (sulfide) groups is 1. The Labute approximate surface area is 116 Å².